The summed E-state index contributed by atoms with van der Waals surface area (Å²) in [6, 6.07) is 11.6. The third-order valence-electron chi connectivity index (χ3n) is 11.6. The van der Waals surface area contributed by atoms with Crippen LogP contribution in [0.1, 0.15) is 79.2 Å². The van der Waals surface area contributed by atoms with E-state index in [1.54, 1.807) is 23.5 Å². The van der Waals surface area contributed by atoms with Gasteiger partial charge in [0.2, 0.25) is 17.7 Å². The lowest BCUT2D eigenvalue weighted by Gasteiger charge is -2.48. The van der Waals surface area contributed by atoms with Crippen molar-refractivity contribution in [2.75, 3.05) is 44.2 Å². The van der Waals surface area contributed by atoms with Crippen LogP contribution in [-0.4, -0.2) is 116 Å². The van der Waals surface area contributed by atoms with Gasteiger partial charge >= 0.3 is 0 Å². The maximum atomic E-state index is 13.9. The second-order valence-corrected chi connectivity index (χ2v) is 16.4. The van der Waals surface area contributed by atoms with Crippen molar-refractivity contribution in [3.05, 3.63) is 91.8 Å². The lowest BCUT2D eigenvalue weighted by molar-refractivity contribution is -0.139. The predicted molar refractivity (Wildman–Crippen MR) is 205 cm³/mol. The van der Waals surface area contributed by atoms with Crippen LogP contribution in [0.4, 0.5) is 5.69 Å². The van der Waals surface area contributed by atoms with E-state index in [-0.39, 0.29) is 42.3 Å². The number of nitrogens with one attached hydrogen (secondary N) is 1. The molecule has 3 fully saturated rings. The molecule has 3 saturated heterocycles. The number of aliphatic imine (C=N–C) groups is 1. The Morgan fingerprint density at radius 3 is 2.38 bits per heavy atom. The number of thiophene rings is 1. The molecule has 5 amide bonds. The molecule has 55 heavy (non-hydrogen) atoms. The zero-order valence-electron chi connectivity index (χ0n) is 30.5. The average molecular weight is 780 g/mol. The molecule has 5 aliphatic heterocycles. The number of fused-ring (bicyclic) bond motifs is 4. The number of likely N-dealkylation sites (tertiary alicyclic amines) is 1. The van der Waals surface area contributed by atoms with Crippen molar-refractivity contribution < 1.29 is 24.0 Å². The zero-order chi connectivity index (χ0) is 38.3. The minimum Gasteiger partial charge on any atom is -0.369 e. The first kappa shape index (κ1) is 35.5. The van der Waals surface area contributed by atoms with Gasteiger partial charge in [-0.15, -0.1) is 21.5 Å². The lowest BCUT2D eigenvalue weighted by Crippen LogP contribution is -2.64. The van der Waals surface area contributed by atoms with Crippen molar-refractivity contribution in [1.82, 2.24) is 34.8 Å². The van der Waals surface area contributed by atoms with Crippen LogP contribution in [-0.2, 0) is 14.4 Å². The molecule has 7 heterocycles. The molecule has 2 aromatic heterocycles. The second-order valence-electron chi connectivity index (χ2n) is 14.8. The minimum absolute atomic E-state index is 0.0214. The van der Waals surface area contributed by atoms with Crippen LogP contribution in [0.15, 0.2) is 47.5 Å². The molecule has 0 aliphatic carbocycles. The fourth-order valence-corrected chi connectivity index (χ4v) is 9.66. The van der Waals surface area contributed by atoms with Gasteiger partial charge in [0.05, 0.1) is 23.3 Å². The Morgan fingerprint density at radius 1 is 0.927 bits per heavy atom. The molecule has 0 spiro atoms. The first-order chi connectivity index (χ1) is 26.5. The molecule has 16 heteroatoms. The van der Waals surface area contributed by atoms with Gasteiger partial charge in [0.15, 0.2) is 5.82 Å². The van der Waals surface area contributed by atoms with E-state index in [1.807, 2.05) is 42.2 Å². The number of piperazine rings is 1. The molecule has 5 aliphatic rings. The van der Waals surface area contributed by atoms with Gasteiger partial charge in [0.1, 0.15) is 22.9 Å². The van der Waals surface area contributed by atoms with Gasteiger partial charge in [-0.2, -0.15) is 0 Å². The summed E-state index contributed by atoms with van der Waals surface area (Å²) in [6.07, 6.45) is 0.364. The summed E-state index contributed by atoms with van der Waals surface area (Å²) in [6.45, 7) is 10.4. The molecule has 1 N–H and O–H groups in total. The zero-order valence-corrected chi connectivity index (χ0v) is 32.1. The van der Waals surface area contributed by atoms with Gasteiger partial charge in [0.25, 0.3) is 11.8 Å². The van der Waals surface area contributed by atoms with Crippen LogP contribution in [0.25, 0.3) is 5.00 Å². The van der Waals surface area contributed by atoms with Gasteiger partial charge in [-0.25, -0.2) is 0 Å². The SMILES string of the molecule is Cc1sc2c(c1C)C(c1ccc(Cl)cc1)=N[C@@H](CC(=O)N1CC(N3CCN(c4ccc5c(c4)C(=O)N(C4CCC(=O)NC4=O)C5=O)CC3)C1)c1nnc(C)n1-2. The third-order valence-corrected chi connectivity index (χ3v) is 13.0. The number of rotatable bonds is 6. The average Bonchev–Trinajstić information content (AvgIpc) is 3.72. The van der Waals surface area contributed by atoms with Crippen molar-refractivity contribution in [3.63, 3.8) is 0 Å². The number of carbonyl (C=O) groups is 5. The predicted octanol–water partition coefficient (Wildman–Crippen LogP) is 3.62. The highest BCUT2D eigenvalue weighted by molar-refractivity contribution is 7.15. The quantitative estimate of drug-likeness (QED) is 0.289. The van der Waals surface area contributed by atoms with Crippen molar-refractivity contribution in [3.8, 4) is 5.00 Å². The Hall–Kier alpha value is -5.25. The van der Waals surface area contributed by atoms with Crippen LogP contribution in [0.3, 0.4) is 0 Å². The van der Waals surface area contributed by atoms with Gasteiger partial charge in [0, 0.05) is 78.4 Å². The molecule has 9 rings (SSSR count). The summed E-state index contributed by atoms with van der Waals surface area (Å²) in [4.78, 5) is 78.4. The number of piperidine rings is 1. The van der Waals surface area contributed by atoms with E-state index in [0.717, 1.165) is 56.9 Å². The van der Waals surface area contributed by atoms with E-state index < -0.39 is 35.7 Å². The first-order valence-electron chi connectivity index (χ1n) is 18.5. The van der Waals surface area contributed by atoms with Crippen LogP contribution in [0.2, 0.25) is 5.02 Å². The van der Waals surface area contributed by atoms with Crippen molar-refractivity contribution in [2.45, 2.75) is 58.2 Å². The van der Waals surface area contributed by atoms with Crippen LogP contribution < -0.4 is 10.2 Å². The molecular weight excluding hydrogens is 742 g/mol. The van der Waals surface area contributed by atoms with Crippen molar-refractivity contribution in [2.24, 2.45) is 4.99 Å². The second kappa shape index (κ2) is 13.5. The molecule has 0 bridgehead atoms. The molecule has 2 atom stereocenters. The van der Waals surface area contributed by atoms with Crippen molar-refractivity contribution >= 4 is 63.9 Å². The topological polar surface area (TPSA) is 153 Å². The lowest BCUT2D eigenvalue weighted by atomic mass is 9.99. The summed E-state index contributed by atoms with van der Waals surface area (Å²) < 4.78 is 2.06. The Kier molecular flexibility index (Phi) is 8.70. The fraction of sp³-hybridized carbons (Fsp3) is 0.385. The number of aryl methyl sites for hydroxylation is 2. The number of aromatic nitrogens is 3. The summed E-state index contributed by atoms with van der Waals surface area (Å²) in [5.41, 5.74) is 5.29. The van der Waals surface area contributed by atoms with Gasteiger partial charge in [-0.05, 0) is 63.1 Å². The molecular formula is C39H38ClN9O5S. The Balaban J connectivity index is 0.852. The van der Waals surface area contributed by atoms with E-state index in [0.29, 0.717) is 37.0 Å². The number of imide groups is 2. The number of halogens is 1. The third kappa shape index (κ3) is 5.96. The minimum atomic E-state index is -0.995. The number of hydrogen-bond acceptors (Lipinski definition) is 11. The molecule has 0 radical (unpaired) electrons. The highest BCUT2D eigenvalue weighted by Gasteiger charge is 2.45. The van der Waals surface area contributed by atoms with Gasteiger partial charge < -0.3 is 9.80 Å². The van der Waals surface area contributed by atoms with Gasteiger partial charge in [-0.3, -0.25) is 48.6 Å². The highest BCUT2D eigenvalue weighted by Crippen LogP contribution is 2.40. The number of carbonyl (C=O) groups excluding carboxylic acids is 5. The molecule has 282 valence electrons. The van der Waals surface area contributed by atoms with Gasteiger partial charge in [-0.1, -0.05) is 23.7 Å². The maximum absolute atomic E-state index is 13.9. The first-order valence-corrected chi connectivity index (χ1v) is 19.6. The largest absolute Gasteiger partial charge is 0.369 e. The maximum Gasteiger partial charge on any atom is 0.262 e. The van der Waals surface area contributed by atoms with Crippen LogP contribution in [0, 0.1) is 20.8 Å². The molecule has 2 aromatic carbocycles. The Morgan fingerprint density at radius 2 is 1.65 bits per heavy atom. The summed E-state index contributed by atoms with van der Waals surface area (Å²) >= 11 is 7.94. The fourth-order valence-electron chi connectivity index (χ4n) is 8.32. The van der Waals surface area contributed by atoms with Crippen LogP contribution >= 0.6 is 22.9 Å². The highest BCUT2D eigenvalue weighted by atomic mass is 35.5. The molecule has 14 nitrogen and oxygen atoms in total. The Bertz CT molecular complexity index is 2340. The standard InChI is InChI=1S/C39H38ClN9O5S/c1-20-21(2)55-39-33(20)34(23-4-6-24(40)7-5-23)41-29(35-44-43-22(3)48(35)39)17-32(51)47-18-26(19-47)46-14-12-45(13-15-46)25-8-9-27-28(16-25)38(54)49(37(27)53)30-10-11-31(50)42-36(30)52/h4-9,16,26,29-30H,10-15,17-19H2,1-3H3,(H,42,50,52)/t29-,30?/m0/s1. The summed E-state index contributed by atoms with van der Waals surface area (Å²) in [7, 11) is 0. The Labute approximate surface area is 325 Å². The molecule has 1 unspecified atom stereocenters. The number of benzene rings is 2. The molecule has 0 saturated carbocycles. The summed E-state index contributed by atoms with van der Waals surface area (Å²) in [5.74, 6) is -0.622. The molecule has 4 aromatic rings. The van der Waals surface area contributed by atoms with E-state index in [4.69, 9.17) is 16.6 Å². The van der Waals surface area contributed by atoms with Crippen molar-refractivity contribution in [1.29, 1.82) is 0 Å². The number of amides is 5. The van der Waals surface area contributed by atoms with E-state index in [9.17, 15) is 24.0 Å². The van der Waals surface area contributed by atoms with E-state index in [2.05, 4.69) is 43.7 Å². The number of nitrogens with zero attached hydrogens (tertiary/aromatic N) is 8. The summed E-state index contributed by atoms with van der Waals surface area (Å²) in [5, 5.41) is 12.9. The van der Waals surface area contributed by atoms with E-state index in [1.165, 1.54) is 4.88 Å². The number of anilines is 1. The smallest absolute Gasteiger partial charge is 0.262 e. The normalized spacial score (nSPS) is 21.5. The van der Waals surface area contributed by atoms with E-state index >= 15 is 0 Å². The number of hydrogen-bond donors (Lipinski definition) is 1. The monoisotopic (exact) mass is 779 g/mol. The van der Waals surface area contributed by atoms with Crippen LogP contribution in [0.5, 0.6) is 0 Å².